The minimum atomic E-state index is -0.907. The fourth-order valence-electron chi connectivity index (χ4n) is 4.59. The number of carbonyl (C=O) groups is 1. The lowest BCUT2D eigenvalue weighted by molar-refractivity contribution is -0.0299. The third-order valence-electron chi connectivity index (χ3n) is 5.93. The average molecular weight is 405 g/mol. The van der Waals surface area contributed by atoms with Crippen molar-refractivity contribution in [3.8, 4) is 11.3 Å². The number of nitrogens with zero attached hydrogens (tertiary/aromatic N) is 2. The lowest BCUT2D eigenvalue weighted by atomic mass is 9.76. The molecule has 1 heterocycles. The van der Waals surface area contributed by atoms with E-state index in [-0.39, 0.29) is 18.3 Å². The zero-order valence-electron chi connectivity index (χ0n) is 17.3. The third kappa shape index (κ3) is 3.90. The Labute approximate surface area is 177 Å². The number of aliphatic hydroxyl groups is 1. The Morgan fingerprint density at radius 1 is 1.07 bits per heavy atom. The fraction of sp³-hybridized carbons (Fsp3) is 0.360. The summed E-state index contributed by atoms with van der Waals surface area (Å²) < 4.78 is 7.26. The Morgan fingerprint density at radius 2 is 1.70 bits per heavy atom. The van der Waals surface area contributed by atoms with Gasteiger partial charge < -0.3 is 14.4 Å². The van der Waals surface area contributed by atoms with Gasteiger partial charge in [-0.1, -0.05) is 79.9 Å². The van der Waals surface area contributed by atoms with Gasteiger partial charge in [0.2, 0.25) is 0 Å². The molecular formula is C25H28N2O3. The maximum Gasteiger partial charge on any atom is 0.359 e. The van der Waals surface area contributed by atoms with Crippen molar-refractivity contribution in [2.45, 2.75) is 50.7 Å². The van der Waals surface area contributed by atoms with Crippen molar-refractivity contribution in [2.24, 2.45) is 0 Å². The van der Waals surface area contributed by atoms with Gasteiger partial charge in [0, 0.05) is 5.56 Å². The van der Waals surface area contributed by atoms with Gasteiger partial charge in [-0.15, -0.1) is 0 Å². The minimum Gasteiger partial charge on any atom is -0.461 e. The summed E-state index contributed by atoms with van der Waals surface area (Å²) in [6.07, 6.45) is 6.22. The molecule has 1 atom stereocenters. The largest absolute Gasteiger partial charge is 0.461 e. The zero-order chi connectivity index (χ0) is 21.0. The molecule has 30 heavy (non-hydrogen) atoms. The van der Waals surface area contributed by atoms with Gasteiger partial charge in [0.1, 0.15) is 0 Å². The van der Waals surface area contributed by atoms with E-state index in [1.54, 1.807) is 13.3 Å². The normalized spacial score (nSPS) is 16.7. The molecule has 3 aromatic rings. The molecule has 2 aromatic carbocycles. The van der Waals surface area contributed by atoms with Gasteiger partial charge >= 0.3 is 5.97 Å². The summed E-state index contributed by atoms with van der Waals surface area (Å²) in [5.74, 6) is -0.447. The number of esters is 1. The van der Waals surface area contributed by atoms with Crippen molar-refractivity contribution in [1.29, 1.82) is 0 Å². The van der Waals surface area contributed by atoms with Crippen LogP contribution in [0.15, 0.2) is 67.0 Å². The number of rotatable bonds is 6. The maximum absolute atomic E-state index is 12.7. The number of imidazole rings is 1. The van der Waals surface area contributed by atoms with Gasteiger partial charge in [-0.25, -0.2) is 9.78 Å². The summed E-state index contributed by atoms with van der Waals surface area (Å²) in [4.78, 5) is 17.2. The van der Waals surface area contributed by atoms with Crippen LogP contribution >= 0.6 is 0 Å². The van der Waals surface area contributed by atoms with Crippen LogP contribution in [-0.4, -0.2) is 32.8 Å². The number of carbonyl (C=O) groups excluding carboxylic acids is 1. The summed E-state index contributed by atoms with van der Waals surface area (Å²) in [7, 11) is 0. The van der Waals surface area contributed by atoms with Crippen LogP contribution in [0.1, 0.15) is 61.1 Å². The summed E-state index contributed by atoms with van der Waals surface area (Å²) in [5, 5.41) is 11.8. The Hall–Kier alpha value is -2.92. The highest BCUT2D eigenvalue weighted by molar-refractivity contribution is 5.94. The van der Waals surface area contributed by atoms with E-state index in [4.69, 9.17) is 4.74 Å². The monoisotopic (exact) mass is 404 g/mol. The first-order valence-electron chi connectivity index (χ1n) is 10.7. The molecule has 5 nitrogen and oxygen atoms in total. The van der Waals surface area contributed by atoms with Crippen molar-refractivity contribution in [3.63, 3.8) is 0 Å². The SMILES string of the molecule is CCOC(=O)c1ncn([C@@H](c2ccccc2)C2(O)CCCCC2)c1-c1ccccc1. The van der Waals surface area contributed by atoms with Crippen LogP contribution in [0.2, 0.25) is 0 Å². The minimum absolute atomic E-state index is 0.281. The third-order valence-corrected chi connectivity index (χ3v) is 5.93. The van der Waals surface area contributed by atoms with E-state index in [0.717, 1.165) is 30.4 Å². The van der Waals surface area contributed by atoms with Crippen LogP contribution in [0.3, 0.4) is 0 Å². The molecule has 0 amide bonds. The summed E-state index contributed by atoms with van der Waals surface area (Å²) in [6, 6.07) is 19.4. The highest BCUT2D eigenvalue weighted by atomic mass is 16.5. The van der Waals surface area contributed by atoms with Crippen molar-refractivity contribution in [3.05, 3.63) is 78.2 Å². The molecule has 1 saturated carbocycles. The zero-order valence-corrected chi connectivity index (χ0v) is 17.3. The van der Waals surface area contributed by atoms with Crippen molar-refractivity contribution < 1.29 is 14.6 Å². The molecule has 1 aliphatic carbocycles. The van der Waals surface area contributed by atoms with E-state index in [1.807, 2.05) is 65.2 Å². The van der Waals surface area contributed by atoms with E-state index in [2.05, 4.69) is 4.98 Å². The molecule has 4 rings (SSSR count). The van der Waals surface area contributed by atoms with Crippen LogP contribution in [-0.2, 0) is 4.74 Å². The topological polar surface area (TPSA) is 64.3 Å². The highest BCUT2D eigenvalue weighted by Crippen LogP contribution is 2.43. The fourth-order valence-corrected chi connectivity index (χ4v) is 4.59. The quantitative estimate of drug-likeness (QED) is 0.587. The van der Waals surface area contributed by atoms with Crippen LogP contribution in [0.5, 0.6) is 0 Å². The second-order valence-electron chi connectivity index (χ2n) is 7.91. The highest BCUT2D eigenvalue weighted by Gasteiger charge is 2.41. The molecule has 5 heteroatoms. The number of hydrogen-bond donors (Lipinski definition) is 1. The van der Waals surface area contributed by atoms with Crippen LogP contribution in [0, 0.1) is 0 Å². The van der Waals surface area contributed by atoms with Crippen LogP contribution in [0.4, 0.5) is 0 Å². The molecule has 0 bridgehead atoms. The van der Waals surface area contributed by atoms with Gasteiger partial charge in [-0.3, -0.25) is 0 Å². The molecule has 1 fully saturated rings. The molecular weight excluding hydrogens is 376 g/mol. The Balaban J connectivity index is 1.92. The molecule has 1 aromatic heterocycles. The molecule has 1 N–H and O–H groups in total. The van der Waals surface area contributed by atoms with Gasteiger partial charge in [0.15, 0.2) is 5.69 Å². The Bertz CT molecular complexity index is 976. The van der Waals surface area contributed by atoms with Crippen molar-refractivity contribution >= 4 is 5.97 Å². The van der Waals surface area contributed by atoms with Crippen LogP contribution < -0.4 is 0 Å². The predicted octanol–water partition coefficient (Wildman–Crippen LogP) is 5.01. The lowest BCUT2D eigenvalue weighted by Gasteiger charge is -2.40. The first kappa shape index (κ1) is 20.4. The molecule has 0 spiro atoms. The lowest BCUT2D eigenvalue weighted by Crippen LogP contribution is -2.42. The second kappa shape index (κ2) is 8.84. The number of ether oxygens (including phenoxy) is 1. The maximum atomic E-state index is 12.7. The summed E-state index contributed by atoms with van der Waals surface area (Å²) in [6.45, 7) is 2.07. The number of hydrogen-bond acceptors (Lipinski definition) is 4. The van der Waals surface area contributed by atoms with Gasteiger partial charge in [0.05, 0.1) is 30.3 Å². The van der Waals surface area contributed by atoms with E-state index >= 15 is 0 Å². The van der Waals surface area contributed by atoms with Crippen LogP contribution in [0.25, 0.3) is 11.3 Å². The van der Waals surface area contributed by atoms with Gasteiger partial charge in [-0.05, 0) is 25.3 Å². The van der Waals surface area contributed by atoms with Gasteiger partial charge in [-0.2, -0.15) is 0 Å². The van der Waals surface area contributed by atoms with Gasteiger partial charge in [0.25, 0.3) is 0 Å². The van der Waals surface area contributed by atoms with Crippen molar-refractivity contribution in [2.75, 3.05) is 6.61 Å². The van der Waals surface area contributed by atoms with Crippen molar-refractivity contribution in [1.82, 2.24) is 9.55 Å². The molecule has 156 valence electrons. The Morgan fingerprint density at radius 3 is 2.33 bits per heavy atom. The first-order valence-corrected chi connectivity index (χ1v) is 10.7. The molecule has 1 aliphatic rings. The van der Waals surface area contributed by atoms with E-state index in [9.17, 15) is 9.90 Å². The number of benzene rings is 2. The summed E-state index contributed by atoms with van der Waals surface area (Å²) in [5.41, 5.74) is 1.94. The summed E-state index contributed by atoms with van der Waals surface area (Å²) >= 11 is 0. The van der Waals surface area contributed by atoms with E-state index < -0.39 is 11.6 Å². The second-order valence-corrected chi connectivity index (χ2v) is 7.91. The first-order chi connectivity index (χ1) is 14.6. The Kier molecular flexibility index (Phi) is 6.00. The smallest absolute Gasteiger partial charge is 0.359 e. The molecule has 0 unspecified atom stereocenters. The molecule has 0 aliphatic heterocycles. The standard InChI is InChI=1S/C25H28N2O3/c1-2-30-24(28)21-22(19-12-6-3-7-13-19)27(18-26-21)23(20-14-8-4-9-15-20)25(29)16-10-5-11-17-25/h3-4,6-9,12-15,18,23,29H,2,5,10-11,16-17H2,1H3/t23-/m0/s1. The van der Waals surface area contributed by atoms with E-state index in [1.165, 1.54) is 0 Å². The van der Waals surface area contributed by atoms with E-state index in [0.29, 0.717) is 18.5 Å². The molecule has 0 saturated heterocycles. The number of aromatic nitrogens is 2. The molecule has 0 radical (unpaired) electrons. The average Bonchev–Trinajstić information content (AvgIpc) is 3.20. The predicted molar refractivity (Wildman–Crippen MR) is 116 cm³/mol.